The van der Waals surface area contributed by atoms with Crippen LogP contribution in [0.5, 0.6) is 0 Å². The normalized spacial score (nSPS) is 13.1. The first-order valence-corrected chi connectivity index (χ1v) is 11.0. The van der Waals surface area contributed by atoms with Gasteiger partial charge in [0.2, 0.25) is 5.91 Å². The van der Waals surface area contributed by atoms with E-state index in [0.717, 1.165) is 40.7 Å². The summed E-state index contributed by atoms with van der Waals surface area (Å²) in [5.41, 5.74) is 4.21. The maximum Gasteiger partial charge on any atom is 0.259 e. The summed E-state index contributed by atoms with van der Waals surface area (Å²) < 4.78 is 0. The number of rotatable bonds is 5. The van der Waals surface area contributed by atoms with Crippen molar-refractivity contribution in [2.24, 2.45) is 0 Å². The van der Waals surface area contributed by atoms with Crippen LogP contribution in [0, 0.1) is 13.8 Å². The lowest BCUT2D eigenvalue weighted by Gasteiger charge is -2.09. The summed E-state index contributed by atoms with van der Waals surface area (Å²) in [7, 11) is 0. The minimum atomic E-state index is -0.0505. The number of carbonyl (C=O) groups excluding carboxylic acids is 1. The fraction of sp³-hybridized carbons (Fsp3) is 0.350. The number of amides is 1. The highest BCUT2D eigenvalue weighted by atomic mass is 32.2. The van der Waals surface area contributed by atoms with Crippen LogP contribution in [0.4, 0.5) is 5.69 Å². The number of aryl methyl sites for hydroxylation is 4. The van der Waals surface area contributed by atoms with Gasteiger partial charge in [0.25, 0.3) is 5.56 Å². The molecule has 1 aliphatic carbocycles. The van der Waals surface area contributed by atoms with Crippen molar-refractivity contribution in [3.8, 4) is 0 Å². The van der Waals surface area contributed by atoms with Gasteiger partial charge in [-0.05, 0) is 50.3 Å². The monoisotopic (exact) mass is 399 g/mol. The molecule has 2 heterocycles. The molecule has 0 atom stereocenters. The molecule has 4 rings (SSSR count). The summed E-state index contributed by atoms with van der Waals surface area (Å²) in [5, 5.41) is 3.71. The second-order valence-electron chi connectivity index (χ2n) is 6.91. The fourth-order valence-corrected chi connectivity index (χ4v) is 5.47. The number of fused-ring (bicyclic) bond motifs is 3. The molecule has 5 nitrogen and oxygen atoms in total. The Morgan fingerprint density at radius 2 is 2.19 bits per heavy atom. The molecule has 140 valence electrons. The van der Waals surface area contributed by atoms with Gasteiger partial charge in [0.15, 0.2) is 0 Å². The van der Waals surface area contributed by atoms with Gasteiger partial charge in [-0.2, -0.15) is 0 Å². The minimum Gasteiger partial charge on any atom is -0.325 e. The molecular formula is C20H21N3O2S2. The predicted octanol–water partition coefficient (Wildman–Crippen LogP) is 3.96. The Balaban J connectivity index is 1.39. The van der Waals surface area contributed by atoms with Gasteiger partial charge in [-0.1, -0.05) is 17.7 Å². The molecule has 0 unspecified atom stereocenters. The number of nitrogens with one attached hydrogen (secondary N) is 2. The van der Waals surface area contributed by atoms with Crippen LogP contribution in [0.25, 0.3) is 10.2 Å². The van der Waals surface area contributed by atoms with E-state index in [1.807, 2.05) is 32.0 Å². The van der Waals surface area contributed by atoms with Gasteiger partial charge in [-0.3, -0.25) is 9.59 Å². The van der Waals surface area contributed by atoms with Gasteiger partial charge in [0.05, 0.1) is 16.9 Å². The molecule has 1 aliphatic rings. The van der Waals surface area contributed by atoms with Crippen LogP contribution in [-0.4, -0.2) is 21.6 Å². The average Bonchev–Trinajstić information content (AvgIpc) is 3.18. The molecule has 0 saturated carbocycles. The summed E-state index contributed by atoms with van der Waals surface area (Å²) in [4.78, 5) is 34.3. The maximum absolute atomic E-state index is 12.4. The first-order valence-electron chi connectivity index (χ1n) is 8.99. The van der Waals surface area contributed by atoms with Gasteiger partial charge >= 0.3 is 0 Å². The van der Waals surface area contributed by atoms with E-state index in [1.165, 1.54) is 27.8 Å². The zero-order valence-electron chi connectivity index (χ0n) is 15.3. The number of hydrogen-bond donors (Lipinski definition) is 2. The number of aromatic amines is 1. The molecule has 7 heteroatoms. The topological polar surface area (TPSA) is 74.8 Å². The lowest BCUT2D eigenvalue weighted by atomic mass is 10.1. The van der Waals surface area contributed by atoms with E-state index in [-0.39, 0.29) is 11.5 Å². The van der Waals surface area contributed by atoms with E-state index in [0.29, 0.717) is 17.3 Å². The van der Waals surface area contributed by atoms with Crippen molar-refractivity contribution >= 4 is 44.9 Å². The third-order valence-electron chi connectivity index (χ3n) is 4.75. The van der Waals surface area contributed by atoms with E-state index in [2.05, 4.69) is 15.3 Å². The SMILES string of the molecule is Cc1ccc(NC(=O)CSCc2nc3sc4c(c3c(=O)[nH]2)CCC4)c(C)c1. The van der Waals surface area contributed by atoms with Crippen LogP contribution in [0.15, 0.2) is 23.0 Å². The van der Waals surface area contributed by atoms with Gasteiger partial charge < -0.3 is 10.3 Å². The Morgan fingerprint density at radius 1 is 1.33 bits per heavy atom. The summed E-state index contributed by atoms with van der Waals surface area (Å²) >= 11 is 3.09. The minimum absolute atomic E-state index is 0.0465. The molecule has 0 radical (unpaired) electrons. The Morgan fingerprint density at radius 3 is 3.00 bits per heavy atom. The Kier molecular flexibility index (Phi) is 5.06. The quantitative estimate of drug-likeness (QED) is 0.681. The number of H-pyrrole nitrogens is 1. The van der Waals surface area contributed by atoms with E-state index in [4.69, 9.17) is 0 Å². The van der Waals surface area contributed by atoms with Gasteiger partial charge in [0, 0.05) is 10.6 Å². The lowest BCUT2D eigenvalue weighted by molar-refractivity contribution is -0.113. The van der Waals surface area contributed by atoms with Crippen molar-refractivity contribution in [1.29, 1.82) is 0 Å². The van der Waals surface area contributed by atoms with Crippen molar-refractivity contribution in [2.75, 3.05) is 11.1 Å². The van der Waals surface area contributed by atoms with E-state index in [9.17, 15) is 9.59 Å². The third-order valence-corrected chi connectivity index (χ3v) is 6.88. The highest BCUT2D eigenvalue weighted by Gasteiger charge is 2.21. The number of hydrogen-bond acceptors (Lipinski definition) is 5. The smallest absolute Gasteiger partial charge is 0.259 e. The first kappa shape index (κ1) is 18.3. The van der Waals surface area contributed by atoms with Crippen molar-refractivity contribution in [3.05, 3.63) is 55.9 Å². The molecule has 2 N–H and O–H groups in total. The number of thioether (sulfide) groups is 1. The number of nitrogens with zero attached hydrogens (tertiary/aromatic N) is 1. The summed E-state index contributed by atoms with van der Waals surface area (Å²) in [5.74, 6) is 1.41. The van der Waals surface area contributed by atoms with Crippen LogP contribution < -0.4 is 10.9 Å². The predicted molar refractivity (Wildman–Crippen MR) is 113 cm³/mol. The summed E-state index contributed by atoms with van der Waals surface area (Å²) in [6.45, 7) is 4.01. The van der Waals surface area contributed by atoms with Crippen LogP contribution in [-0.2, 0) is 23.4 Å². The molecule has 0 saturated heterocycles. The Labute approximate surface area is 165 Å². The molecule has 1 amide bonds. The van der Waals surface area contributed by atoms with Crippen LogP contribution in [0.2, 0.25) is 0 Å². The number of thiophene rings is 1. The van der Waals surface area contributed by atoms with Gasteiger partial charge in [0.1, 0.15) is 10.7 Å². The maximum atomic E-state index is 12.4. The molecule has 0 spiro atoms. The zero-order valence-corrected chi connectivity index (χ0v) is 17.0. The Bertz CT molecular complexity index is 1080. The first-order chi connectivity index (χ1) is 13.0. The summed E-state index contributed by atoms with van der Waals surface area (Å²) in [6.07, 6.45) is 3.16. The average molecular weight is 400 g/mol. The van der Waals surface area contributed by atoms with Crippen LogP contribution in [0.1, 0.15) is 33.8 Å². The fourth-order valence-electron chi connectivity index (χ4n) is 3.50. The van der Waals surface area contributed by atoms with Crippen molar-refractivity contribution in [3.63, 3.8) is 0 Å². The number of aromatic nitrogens is 2. The Hall–Kier alpha value is -2.12. The number of anilines is 1. The molecule has 0 aliphatic heterocycles. The zero-order chi connectivity index (χ0) is 19.0. The number of carbonyl (C=O) groups is 1. The third kappa shape index (κ3) is 3.80. The standard InChI is InChI=1S/C20H21N3O2S2/c1-11-6-7-14(12(2)8-11)21-17(24)10-26-9-16-22-19(25)18-13-4-3-5-15(13)27-20(18)23-16/h6-8H,3-5,9-10H2,1-2H3,(H,21,24)(H,22,23,25). The number of benzene rings is 1. The molecule has 3 aromatic rings. The molecule has 2 aromatic heterocycles. The highest BCUT2D eigenvalue weighted by Crippen LogP contribution is 2.34. The molecule has 0 bridgehead atoms. The molecule has 1 aromatic carbocycles. The van der Waals surface area contributed by atoms with Gasteiger partial charge in [-0.25, -0.2) is 4.98 Å². The molecular weight excluding hydrogens is 378 g/mol. The lowest BCUT2D eigenvalue weighted by Crippen LogP contribution is -2.16. The van der Waals surface area contributed by atoms with E-state index >= 15 is 0 Å². The van der Waals surface area contributed by atoms with Crippen molar-refractivity contribution in [2.45, 2.75) is 38.9 Å². The summed E-state index contributed by atoms with van der Waals surface area (Å²) in [6, 6.07) is 5.96. The highest BCUT2D eigenvalue weighted by molar-refractivity contribution is 7.99. The van der Waals surface area contributed by atoms with Crippen LogP contribution in [0.3, 0.4) is 0 Å². The van der Waals surface area contributed by atoms with Crippen molar-refractivity contribution < 1.29 is 4.79 Å². The van der Waals surface area contributed by atoms with E-state index in [1.54, 1.807) is 11.3 Å². The molecule has 27 heavy (non-hydrogen) atoms. The second-order valence-corrected chi connectivity index (χ2v) is 8.98. The van der Waals surface area contributed by atoms with Crippen LogP contribution >= 0.6 is 23.1 Å². The van der Waals surface area contributed by atoms with E-state index < -0.39 is 0 Å². The van der Waals surface area contributed by atoms with Gasteiger partial charge in [-0.15, -0.1) is 23.1 Å². The molecule has 0 fully saturated rings. The second kappa shape index (κ2) is 7.48. The van der Waals surface area contributed by atoms with Crippen molar-refractivity contribution in [1.82, 2.24) is 9.97 Å². The largest absolute Gasteiger partial charge is 0.325 e.